The van der Waals surface area contributed by atoms with Gasteiger partial charge in [0.2, 0.25) is 0 Å². The van der Waals surface area contributed by atoms with Crippen LogP contribution < -0.4 is 0 Å². The highest BCUT2D eigenvalue weighted by atomic mass is 16.4. The highest BCUT2D eigenvalue weighted by Gasteiger charge is 2.44. The second-order valence-electron chi connectivity index (χ2n) is 3.93. The molecule has 0 aromatic rings. The summed E-state index contributed by atoms with van der Waals surface area (Å²) in [6.45, 7) is 3.74. The van der Waals surface area contributed by atoms with E-state index < -0.39 is 0 Å². The van der Waals surface area contributed by atoms with E-state index in [0.717, 1.165) is 18.1 Å². The van der Waals surface area contributed by atoms with Gasteiger partial charge in [0.15, 0.2) is 0 Å². The summed E-state index contributed by atoms with van der Waals surface area (Å²) < 4.78 is 0. The van der Waals surface area contributed by atoms with Gasteiger partial charge >= 0.3 is 0 Å². The van der Waals surface area contributed by atoms with Gasteiger partial charge in [-0.25, -0.2) is 0 Å². The van der Waals surface area contributed by atoms with Gasteiger partial charge in [0.25, 0.3) is 0 Å². The molecule has 2 nitrogen and oxygen atoms in total. The monoisotopic (exact) mass is 165 g/mol. The number of hydrogen-bond acceptors (Lipinski definition) is 2. The lowest BCUT2D eigenvalue weighted by Gasteiger charge is -2.20. The average Bonchev–Trinajstić information content (AvgIpc) is 2.64. The first-order valence-corrected chi connectivity index (χ1v) is 4.69. The summed E-state index contributed by atoms with van der Waals surface area (Å²) in [5, 5.41) is 12.3. The Morgan fingerprint density at radius 3 is 3.08 bits per heavy atom. The van der Waals surface area contributed by atoms with Crippen molar-refractivity contribution < 1.29 is 5.21 Å². The topological polar surface area (TPSA) is 32.6 Å². The van der Waals surface area contributed by atoms with Crippen LogP contribution in [-0.4, -0.2) is 10.9 Å². The molecule has 66 valence electrons. The number of nitrogens with zero attached hydrogens (tertiary/aromatic N) is 1. The van der Waals surface area contributed by atoms with Crippen molar-refractivity contribution in [2.75, 3.05) is 0 Å². The zero-order valence-electron chi connectivity index (χ0n) is 7.24. The van der Waals surface area contributed by atoms with Crippen molar-refractivity contribution in [3.8, 4) is 0 Å². The minimum atomic E-state index is 0.506. The Morgan fingerprint density at radius 1 is 1.58 bits per heavy atom. The summed E-state index contributed by atoms with van der Waals surface area (Å²) in [6.07, 6.45) is 6.73. The van der Waals surface area contributed by atoms with Crippen molar-refractivity contribution in [1.29, 1.82) is 0 Å². The minimum Gasteiger partial charge on any atom is -0.411 e. The van der Waals surface area contributed by atoms with Crippen LogP contribution in [0.1, 0.15) is 25.7 Å². The first-order chi connectivity index (χ1) is 5.86. The van der Waals surface area contributed by atoms with E-state index in [1.54, 1.807) is 0 Å². The molecule has 2 heteroatoms. The van der Waals surface area contributed by atoms with E-state index in [2.05, 4.69) is 11.7 Å². The molecule has 3 unspecified atom stereocenters. The second-order valence-corrected chi connectivity index (χ2v) is 3.93. The van der Waals surface area contributed by atoms with Gasteiger partial charge in [-0.3, -0.25) is 0 Å². The van der Waals surface area contributed by atoms with Crippen molar-refractivity contribution in [2.24, 2.45) is 22.9 Å². The molecule has 2 bridgehead atoms. The highest BCUT2D eigenvalue weighted by Crippen LogP contribution is 2.47. The van der Waals surface area contributed by atoms with Gasteiger partial charge in [0.05, 0.1) is 5.71 Å². The smallest absolute Gasteiger partial charge is 0.0638 e. The van der Waals surface area contributed by atoms with Gasteiger partial charge in [0, 0.05) is 11.8 Å². The van der Waals surface area contributed by atoms with Crippen LogP contribution in [0.5, 0.6) is 0 Å². The molecule has 12 heavy (non-hydrogen) atoms. The molecule has 0 aromatic heterocycles. The maximum Gasteiger partial charge on any atom is 0.0638 e. The predicted molar refractivity (Wildman–Crippen MR) is 48.4 cm³/mol. The van der Waals surface area contributed by atoms with Crippen molar-refractivity contribution in [2.45, 2.75) is 25.7 Å². The van der Waals surface area contributed by atoms with Gasteiger partial charge in [-0.2, -0.15) is 0 Å². The highest BCUT2D eigenvalue weighted by molar-refractivity contribution is 5.91. The molecule has 0 aliphatic heterocycles. The fourth-order valence-corrected chi connectivity index (χ4v) is 2.84. The molecule has 0 saturated heterocycles. The van der Waals surface area contributed by atoms with Gasteiger partial charge in [-0.05, 0) is 31.6 Å². The Labute approximate surface area is 73.0 Å². The van der Waals surface area contributed by atoms with Crippen LogP contribution in [0.15, 0.2) is 17.8 Å². The zero-order chi connectivity index (χ0) is 8.55. The standard InChI is InChI=1S/C10H15NO/c1-2-3-9-7-4-5-8(6-7)10(9)11-12/h2,7-9,12H,1,3-6H2/b11-10+. The zero-order valence-corrected chi connectivity index (χ0v) is 7.24. The van der Waals surface area contributed by atoms with Crippen molar-refractivity contribution in [1.82, 2.24) is 0 Å². The Hall–Kier alpha value is -0.790. The minimum absolute atomic E-state index is 0.506. The molecular formula is C10H15NO. The Kier molecular flexibility index (Phi) is 1.91. The molecule has 0 aromatic carbocycles. The van der Waals surface area contributed by atoms with Crippen LogP contribution in [-0.2, 0) is 0 Å². The van der Waals surface area contributed by atoms with Crippen molar-refractivity contribution >= 4 is 5.71 Å². The maximum absolute atomic E-state index is 8.84. The molecule has 1 N–H and O–H groups in total. The van der Waals surface area contributed by atoms with E-state index in [0.29, 0.717) is 11.8 Å². The first-order valence-electron chi connectivity index (χ1n) is 4.69. The molecule has 0 radical (unpaired) electrons. The van der Waals surface area contributed by atoms with Gasteiger partial charge in [-0.1, -0.05) is 11.2 Å². The molecule has 2 rings (SSSR count). The molecule has 3 atom stereocenters. The summed E-state index contributed by atoms with van der Waals surface area (Å²) >= 11 is 0. The van der Waals surface area contributed by atoms with E-state index >= 15 is 0 Å². The van der Waals surface area contributed by atoms with Crippen LogP contribution >= 0.6 is 0 Å². The molecule has 2 saturated carbocycles. The third kappa shape index (κ3) is 0.977. The fourth-order valence-electron chi connectivity index (χ4n) is 2.84. The Bertz CT molecular complexity index is 222. The SMILES string of the molecule is C=CCC1/C(=N/O)C2CCC1C2. The lowest BCUT2D eigenvalue weighted by molar-refractivity contribution is 0.307. The van der Waals surface area contributed by atoms with E-state index in [1.165, 1.54) is 19.3 Å². The van der Waals surface area contributed by atoms with Crippen LogP contribution in [0.2, 0.25) is 0 Å². The van der Waals surface area contributed by atoms with Crippen LogP contribution in [0.3, 0.4) is 0 Å². The lowest BCUT2D eigenvalue weighted by atomic mass is 9.85. The maximum atomic E-state index is 8.84. The quantitative estimate of drug-likeness (QED) is 0.380. The van der Waals surface area contributed by atoms with E-state index in [4.69, 9.17) is 5.21 Å². The number of fused-ring (bicyclic) bond motifs is 2. The largest absolute Gasteiger partial charge is 0.411 e. The third-order valence-electron chi connectivity index (χ3n) is 3.38. The number of rotatable bonds is 2. The third-order valence-corrected chi connectivity index (χ3v) is 3.38. The van der Waals surface area contributed by atoms with Gasteiger partial charge in [-0.15, -0.1) is 6.58 Å². The Morgan fingerprint density at radius 2 is 2.42 bits per heavy atom. The van der Waals surface area contributed by atoms with Gasteiger partial charge in [0.1, 0.15) is 0 Å². The van der Waals surface area contributed by atoms with E-state index in [9.17, 15) is 0 Å². The molecule has 0 heterocycles. The molecular weight excluding hydrogens is 150 g/mol. The van der Waals surface area contributed by atoms with Crippen molar-refractivity contribution in [3.63, 3.8) is 0 Å². The number of oxime groups is 1. The summed E-state index contributed by atoms with van der Waals surface area (Å²) in [6, 6.07) is 0. The lowest BCUT2D eigenvalue weighted by Crippen LogP contribution is -2.21. The van der Waals surface area contributed by atoms with Crippen molar-refractivity contribution in [3.05, 3.63) is 12.7 Å². The summed E-state index contributed by atoms with van der Waals surface area (Å²) in [7, 11) is 0. The normalized spacial score (nSPS) is 42.3. The number of hydrogen-bond donors (Lipinski definition) is 1. The average molecular weight is 165 g/mol. The Balaban J connectivity index is 2.16. The molecule has 2 fully saturated rings. The van der Waals surface area contributed by atoms with Crippen LogP contribution in [0, 0.1) is 17.8 Å². The molecule has 2 aliphatic carbocycles. The summed E-state index contributed by atoms with van der Waals surface area (Å²) in [5.74, 6) is 1.87. The molecule has 2 aliphatic rings. The summed E-state index contributed by atoms with van der Waals surface area (Å²) in [5.41, 5.74) is 1.05. The first kappa shape index (κ1) is 7.84. The molecule has 0 amide bonds. The molecule has 0 spiro atoms. The van der Waals surface area contributed by atoms with E-state index in [1.807, 2.05) is 6.08 Å². The van der Waals surface area contributed by atoms with E-state index in [-0.39, 0.29) is 0 Å². The fraction of sp³-hybridized carbons (Fsp3) is 0.700. The second kappa shape index (κ2) is 2.92. The number of allylic oxidation sites excluding steroid dienone is 1. The van der Waals surface area contributed by atoms with Crippen LogP contribution in [0.4, 0.5) is 0 Å². The predicted octanol–water partition coefficient (Wildman–Crippen LogP) is 2.44. The van der Waals surface area contributed by atoms with Gasteiger partial charge < -0.3 is 5.21 Å². The van der Waals surface area contributed by atoms with Crippen LogP contribution in [0.25, 0.3) is 0 Å². The summed E-state index contributed by atoms with van der Waals surface area (Å²) in [4.78, 5) is 0.